The predicted molar refractivity (Wildman–Crippen MR) is 83.3 cm³/mol. The highest BCUT2D eigenvalue weighted by Gasteiger charge is 2.24. The van der Waals surface area contributed by atoms with Crippen molar-refractivity contribution < 1.29 is 4.79 Å². The highest BCUT2D eigenvalue weighted by Crippen LogP contribution is 2.27. The lowest BCUT2D eigenvalue weighted by atomic mass is 10.0. The third-order valence-electron chi connectivity index (χ3n) is 4.42. The molecule has 106 valence electrons. The number of rotatable bonds is 1. The molecule has 0 saturated heterocycles. The first kappa shape index (κ1) is 12.5. The molecule has 0 unspecified atom stereocenters. The van der Waals surface area contributed by atoms with Gasteiger partial charge in [-0.05, 0) is 47.7 Å². The van der Waals surface area contributed by atoms with Crippen molar-refractivity contribution in [3.05, 3.63) is 64.7 Å². The summed E-state index contributed by atoms with van der Waals surface area (Å²) in [7, 11) is 0. The molecule has 0 radical (unpaired) electrons. The van der Waals surface area contributed by atoms with Gasteiger partial charge in [0.1, 0.15) is 0 Å². The number of benzene rings is 2. The fraction of sp³-hybridized carbons (Fsp3) is 0.278. The van der Waals surface area contributed by atoms with Crippen molar-refractivity contribution in [3.63, 3.8) is 0 Å². The summed E-state index contributed by atoms with van der Waals surface area (Å²) in [5, 5.41) is 3.39. The largest absolute Gasteiger partial charge is 0.385 e. The quantitative estimate of drug-likeness (QED) is 0.868. The molecule has 0 aliphatic carbocycles. The van der Waals surface area contributed by atoms with E-state index in [1.54, 1.807) is 0 Å². The van der Waals surface area contributed by atoms with Crippen LogP contribution in [0.5, 0.6) is 0 Å². The maximum atomic E-state index is 12.7. The zero-order chi connectivity index (χ0) is 14.2. The molecule has 3 heteroatoms. The van der Waals surface area contributed by atoms with Crippen LogP contribution >= 0.6 is 0 Å². The molecular formula is C18H18N2O. The Morgan fingerprint density at radius 2 is 1.76 bits per heavy atom. The second-order valence-corrected chi connectivity index (χ2v) is 5.83. The predicted octanol–water partition coefficient (Wildman–Crippen LogP) is 3.20. The van der Waals surface area contributed by atoms with Gasteiger partial charge in [-0.1, -0.05) is 24.3 Å². The Morgan fingerprint density at radius 1 is 1.00 bits per heavy atom. The molecule has 2 heterocycles. The molecule has 0 saturated carbocycles. The Kier molecular flexibility index (Phi) is 2.92. The standard InChI is InChI=1S/C18H18N2O/c21-18(20-11-15-4-1-2-5-16(15)12-20)14-7-8-17-13(10-14)6-3-9-19-17/h1-2,4-5,7-8,10,19H,3,6,9,11-12H2. The number of aryl methyl sites for hydroxylation is 1. The molecule has 0 atom stereocenters. The van der Waals surface area contributed by atoms with Gasteiger partial charge in [-0.3, -0.25) is 4.79 Å². The van der Waals surface area contributed by atoms with Crippen molar-refractivity contribution in [3.8, 4) is 0 Å². The summed E-state index contributed by atoms with van der Waals surface area (Å²) in [4.78, 5) is 14.6. The summed E-state index contributed by atoms with van der Waals surface area (Å²) < 4.78 is 0. The smallest absolute Gasteiger partial charge is 0.254 e. The van der Waals surface area contributed by atoms with E-state index in [0.29, 0.717) is 0 Å². The average Bonchev–Trinajstić information content (AvgIpc) is 2.97. The molecule has 4 rings (SSSR count). The van der Waals surface area contributed by atoms with E-state index in [-0.39, 0.29) is 5.91 Å². The first-order chi connectivity index (χ1) is 10.3. The van der Waals surface area contributed by atoms with Crippen LogP contribution in [-0.2, 0) is 19.5 Å². The summed E-state index contributed by atoms with van der Waals surface area (Å²) in [5.74, 6) is 0.138. The number of hydrogen-bond donors (Lipinski definition) is 1. The summed E-state index contributed by atoms with van der Waals surface area (Å²) in [6, 6.07) is 14.4. The third kappa shape index (κ3) is 2.19. The van der Waals surface area contributed by atoms with Crippen LogP contribution in [0.15, 0.2) is 42.5 Å². The molecule has 3 nitrogen and oxygen atoms in total. The van der Waals surface area contributed by atoms with Gasteiger partial charge in [0.25, 0.3) is 5.91 Å². The van der Waals surface area contributed by atoms with Crippen LogP contribution in [0.3, 0.4) is 0 Å². The second-order valence-electron chi connectivity index (χ2n) is 5.83. The number of carbonyl (C=O) groups excluding carboxylic acids is 1. The minimum atomic E-state index is 0.138. The maximum absolute atomic E-state index is 12.7. The van der Waals surface area contributed by atoms with E-state index in [1.807, 2.05) is 29.2 Å². The highest BCUT2D eigenvalue weighted by molar-refractivity contribution is 5.95. The topological polar surface area (TPSA) is 32.3 Å². The fourth-order valence-electron chi connectivity index (χ4n) is 3.27. The van der Waals surface area contributed by atoms with Crippen LogP contribution in [0, 0.1) is 0 Å². The van der Waals surface area contributed by atoms with Gasteiger partial charge >= 0.3 is 0 Å². The van der Waals surface area contributed by atoms with Gasteiger partial charge in [0.2, 0.25) is 0 Å². The Morgan fingerprint density at radius 3 is 2.52 bits per heavy atom. The Balaban J connectivity index is 1.59. The van der Waals surface area contributed by atoms with Crippen LogP contribution in [0.2, 0.25) is 0 Å². The average molecular weight is 278 g/mol. The minimum absolute atomic E-state index is 0.138. The van der Waals surface area contributed by atoms with Crippen molar-refractivity contribution in [2.24, 2.45) is 0 Å². The first-order valence-electron chi connectivity index (χ1n) is 7.54. The molecule has 21 heavy (non-hydrogen) atoms. The fourth-order valence-corrected chi connectivity index (χ4v) is 3.27. The zero-order valence-corrected chi connectivity index (χ0v) is 11.9. The van der Waals surface area contributed by atoms with Gasteiger partial charge in [0, 0.05) is 30.9 Å². The maximum Gasteiger partial charge on any atom is 0.254 e. The number of anilines is 1. The normalized spacial score (nSPS) is 16.1. The summed E-state index contributed by atoms with van der Waals surface area (Å²) in [6.07, 6.45) is 2.20. The van der Waals surface area contributed by atoms with Gasteiger partial charge in [0.05, 0.1) is 0 Å². The van der Waals surface area contributed by atoms with Gasteiger partial charge in [-0.25, -0.2) is 0 Å². The van der Waals surface area contributed by atoms with E-state index in [0.717, 1.165) is 38.0 Å². The lowest BCUT2D eigenvalue weighted by Gasteiger charge is -2.20. The summed E-state index contributed by atoms with van der Waals surface area (Å²) >= 11 is 0. The van der Waals surface area contributed by atoms with E-state index < -0.39 is 0 Å². The van der Waals surface area contributed by atoms with Gasteiger partial charge in [-0.15, -0.1) is 0 Å². The van der Waals surface area contributed by atoms with Gasteiger partial charge in [-0.2, -0.15) is 0 Å². The molecule has 1 N–H and O–H groups in total. The molecule has 2 aromatic carbocycles. The van der Waals surface area contributed by atoms with Crippen LogP contribution in [0.4, 0.5) is 5.69 Å². The lowest BCUT2D eigenvalue weighted by molar-refractivity contribution is 0.0751. The summed E-state index contributed by atoms with van der Waals surface area (Å²) in [5.41, 5.74) is 5.80. The number of amides is 1. The monoisotopic (exact) mass is 278 g/mol. The van der Waals surface area contributed by atoms with Gasteiger partial charge < -0.3 is 10.2 Å². The van der Waals surface area contributed by atoms with E-state index in [9.17, 15) is 4.79 Å². The van der Waals surface area contributed by atoms with Crippen LogP contribution in [0.25, 0.3) is 0 Å². The Bertz CT molecular complexity index is 683. The number of nitrogens with zero attached hydrogens (tertiary/aromatic N) is 1. The molecule has 0 fully saturated rings. The summed E-state index contributed by atoms with van der Waals surface area (Å²) in [6.45, 7) is 2.48. The number of fused-ring (bicyclic) bond motifs is 2. The molecule has 2 aromatic rings. The zero-order valence-electron chi connectivity index (χ0n) is 11.9. The highest BCUT2D eigenvalue weighted by atomic mass is 16.2. The van der Waals surface area contributed by atoms with Crippen molar-refractivity contribution in [2.75, 3.05) is 11.9 Å². The molecule has 1 amide bonds. The SMILES string of the molecule is O=C(c1ccc2c(c1)CCCN2)N1Cc2ccccc2C1. The van der Waals surface area contributed by atoms with Crippen molar-refractivity contribution >= 4 is 11.6 Å². The van der Waals surface area contributed by atoms with Crippen molar-refractivity contribution in [2.45, 2.75) is 25.9 Å². The second kappa shape index (κ2) is 4.92. The van der Waals surface area contributed by atoms with Gasteiger partial charge in [0.15, 0.2) is 0 Å². The third-order valence-corrected chi connectivity index (χ3v) is 4.42. The van der Waals surface area contributed by atoms with E-state index in [1.165, 1.54) is 22.4 Å². The van der Waals surface area contributed by atoms with Crippen molar-refractivity contribution in [1.82, 2.24) is 4.90 Å². The van der Waals surface area contributed by atoms with Crippen molar-refractivity contribution in [1.29, 1.82) is 0 Å². The van der Waals surface area contributed by atoms with Crippen LogP contribution in [-0.4, -0.2) is 17.4 Å². The number of carbonyl (C=O) groups is 1. The first-order valence-corrected chi connectivity index (χ1v) is 7.54. The van der Waals surface area contributed by atoms with E-state index in [2.05, 4.69) is 23.5 Å². The van der Waals surface area contributed by atoms with E-state index in [4.69, 9.17) is 0 Å². The van der Waals surface area contributed by atoms with Crippen LogP contribution in [0.1, 0.15) is 33.5 Å². The van der Waals surface area contributed by atoms with Crippen LogP contribution < -0.4 is 5.32 Å². The minimum Gasteiger partial charge on any atom is -0.385 e. The molecule has 2 aliphatic rings. The molecule has 0 aromatic heterocycles. The Labute approximate surface area is 124 Å². The molecule has 0 spiro atoms. The number of nitrogens with one attached hydrogen (secondary N) is 1. The molecule has 2 aliphatic heterocycles. The molecular weight excluding hydrogens is 260 g/mol. The molecule has 0 bridgehead atoms. The number of hydrogen-bond acceptors (Lipinski definition) is 2. The lowest BCUT2D eigenvalue weighted by Crippen LogP contribution is -2.25. The Hall–Kier alpha value is -2.29. The van der Waals surface area contributed by atoms with E-state index >= 15 is 0 Å².